The van der Waals surface area contributed by atoms with E-state index in [4.69, 9.17) is 0 Å². The first-order chi connectivity index (χ1) is 19.6. The van der Waals surface area contributed by atoms with Crippen LogP contribution in [0.1, 0.15) is 68.2 Å². The Morgan fingerprint density at radius 3 is 2.52 bits per heavy atom. The van der Waals surface area contributed by atoms with Gasteiger partial charge >= 0.3 is 0 Å². The van der Waals surface area contributed by atoms with E-state index in [0.29, 0.717) is 5.92 Å². The van der Waals surface area contributed by atoms with Crippen LogP contribution in [-0.2, 0) is 11.8 Å². The number of hydrogen-bond acceptors (Lipinski definition) is 0. The maximum Gasteiger partial charge on any atom is 0.0471 e. The van der Waals surface area contributed by atoms with Crippen molar-refractivity contribution in [1.29, 1.82) is 0 Å². The minimum absolute atomic E-state index is 0.141. The fourth-order valence-electron chi connectivity index (χ4n) is 9.98. The predicted octanol–water partition coefficient (Wildman–Crippen LogP) is 10.3. The average Bonchev–Trinajstić information content (AvgIpc) is 3.49. The Bertz CT molecular complexity index is 1860. The summed E-state index contributed by atoms with van der Waals surface area (Å²) in [5, 5.41) is 2.74. The number of benzene rings is 4. The SMILES string of the molecule is CC1CC2CC(C)C3(c4ccccc4-c4ccc(-c5ccc6[nH]c7ccc8c(c7c6c5)C=CCC8)cc43)C(C1)C2. The summed E-state index contributed by atoms with van der Waals surface area (Å²) in [5.41, 5.74) is 14.4. The highest BCUT2D eigenvalue weighted by Crippen LogP contribution is 2.64. The van der Waals surface area contributed by atoms with E-state index >= 15 is 0 Å². The molecule has 0 saturated heterocycles. The van der Waals surface area contributed by atoms with Gasteiger partial charge in [0.2, 0.25) is 0 Å². The topological polar surface area (TPSA) is 15.8 Å². The van der Waals surface area contributed by atoms with Crippen molar-refractivity contribution in [2.75, 3.05) is 0 Å². The van der Waals surface area contributed by atoms with Crippen molar-refractivity contribution < 1.29 is 0 Å². The zero-order valence-corrected chi connectivity index (χ0v) is 23.6. The second-order valence-corrected chi connectivity index (χ2v) is 13.6. The molecule has 2 bridgehead atoms. The highest BCUT2D eigenvalue weighted by molar-refractivity contribution is 6.12. The van der Waals surface area contributed by atoms with Crippen LogP contribution in [0.2, 0.25) is 0 Å². The monoisotopic (exact) mass is 519 g/mol. The second-order valence-electron chi connectivity index (χ2n) is 13.6. The normalized spacial score (nSPS) is 28.1. The molecule has 4 aliphatic rings. The van der Waals surface area contributed by atoms with E-state index in [2.05, 4.69) is 104 Å². The summed E-state index contributed by atoms with van der Waals surface area (Å²) in [5.74, 6) is 3.13. The minimum atomic E-state index is 0.141. The largest absolute Gasteiger partial charge is 0.354 e. The quantitative estimate of drug-likeness (QED) is 0.227. The Morgan fingerprint density at radius 2 is 1.57 bits per heavy atom. The molecular formula is C39H37N. The molecule has 2 fully saturated rings. The first-order valence-electron chi connectivity index (χ1n) is 15.6. The standard InChI is InChI=1S/C39H37N/c1-23-17-25-19-24(2)39(29(18-23)20-25)34-10-6-5-9-31(34)32-14-11-28(22-35(32)39)27-13-15-36-33(21-27)38-30-8-4-3-7-26(30)12-16-37(38)40-36/h4-6,8-16,21-25,29,40H,3,7,17-20H2,1-2H3. The number of rotatable bonds is 1. The lowest BCUT2D eigenvalue weighted by molar-refractivity contribution is 0.0426. The van der Waals surface area contributed by atoms with Crippen LogP contribution in [0.3, 0.4) is 0 Å². The highest BCUT2D eigenvalue weighted by atomic mass is 14.7. The molecular weight excluding hydrogens is 482 g/mol. The van der Waals surface area contributed by atoms with Crippen LogP contribution in [0.5, 0.6) is 0 Å². The molecule has 0 aliphatic heterocycles. The van der Waals surface area contributed by atoms with Crippen LogP contribution >= 0.6 is 0 Å². The molecule has 5 unspecified atom stereocenters. The van der Waals surface area contributed by atoms with Gasteiger partial charge in [0.1, 0.15) is 0 Å². The lowest BCUT2D eigenvalue weighted by Crippen LogP contribution is -2.49. The molecule has 4 aromatic carbocycles. The molecule has 1 N–H and O–H groups in total. The van der Waals surface area contributed by atoms with Crippen molar-refractivity contribution in [3.05, 3.63) is 101 Å². The Labute approximate surface area is 237 Å². The van der Waals surface area contributed by atoms with Gasteiger partial charge in [0.15, 0.2) is 0 Å². The third-order valence-electron chi connectivity index (χ3n) is 11.4. The summed E-state index contributed by atoms with van der Waals surface area (Å²) in [7, 11) is 0. The molecule has 1 aromatic heterocycles. The van der Waals surface area contributed by atoms with Crippen molar-refractivity contribution in [2.45, 2.75) is 57.8 Å². The van der Waals surface area contributed by atoms with E-state index in [0.717, 1.165) is 30.6 Å². The van der Waals surface area contributed by atoms with Gasteiger partial charge < -0.3 is 4.98 Å². The molecule has 1 heteroatoms. The van der Waals surface area contributed by atoms with Crippen LogP contribution in [0.15, 0.2) is 78.9 Å². The first kappa shape index (κ1) is 23.2. The molecule has 40 heavy (non-hydrogen) atoms. The summed E-state index contributed by atoms with van der Waals surface area (Å²) in [6, 6.07) is 28.5. The molecule has 9 rings (SSSR count). The lowest BCUT2D eigenvalue weighted by Gasteiger charge is -2.54. The van der Waals surface area contributed by atoms with Crippen molar-refractivity contribution in [2.24, 2.45) is 23.7 Å². The smallest absolute Gasteiger partial charge is 0.0471 e. The van der Waals surface area contributed by atoms with Crippen molar-refractivity contribution in [1.82, 2.24) is 4.98 Å². The summed E-state index contributed by atoms with van der Waals surface area (Å²) in [4.78, 5) is 3.71. The van der Waals surface area contributed by atoms with Gasteiger partial charge in [-0.05, 0) is 131 Å². The van der Waals surface area contributed by atoms with E-state index in [-0.39, 0.29) is 5.41 Å². The Balaban J connectivity index is 1.25. The number of H-pyrrole nitrogens is 1. The van der Waals surface area contributed by atoms with Crippen LogP contribution in [0.4, 0.5) is 0 Å². The molecule has 2 saturated carbocycles. The molecule has 198 valence electrons. The van der Waals surface area contributed by atoms with Crippen molar-refractivity contribution >= 4 is 27.9 Å². The molecule has 4 aliphatic carbocycles. The fraction of sp³-hybridized carbons (Fsp3) is 0.333. The Kier molecular flexibility index (Phi) is 4.76. The molecule has 1 spiro atoms. The maximum absolute atomic E-state index is 3.71. The van der Waals surface area contributed by atoms with E-state index in [9.17, 15) is 0 Å². The number of aromatic nitrogens is 1. The summed E-state index contributed by atoms with van der Waals surface area (Å²) < 4.78 is 0. The zero-order chi connectivity index (χ0) is 26.6. The fourth-order valence-corrected chi connectivity index (χ4v) is 9.98. The maximum atomic E-state index is 3.71. The van der Waals surface area contributed by atoms with Crippen LogP contribution in [-0.4, -0.2) is 4.98 Å². The average molecular weight is 520 g/mol. The van der Waals surface area contributed by atoms with Gasteiger partial charge in [-0.1, -0.05) is 74.5 Å². The number of hydrogen-bond donors (Lipinski definition) is 1. The second kappa shape index (κ2) is 8.23. The Morgan fingerprint density at radius 1 is 0.750 bits per heavy atom. The number of aryl methyl sites for hydroxylation is 1. The number of fused-ring (bicyclic) bond motifs is 13. The Hall–Kier alpha value is -3.58. The number of nitrogens with one attached hydrogen (secondary N) is 1. The minimum Gasteiger partial charge on any atom is -0.354 e. The summed E-state index contributed by atoms with van der Waals surface area (Å²) in [6.07, 6.45) is 12.5. The van der Waals surface area contributed by atoms with Crippen molar-refractivity contribution in [3.8, 4) is 22.3 Å². The first-order valence-corrected chi connectivity index (χ1v) is 15.6. The molecule has 5 atom stereocenters. The van der Waals surface area contributed by atoms with Gasteiger partial charge in [-0.2, -0.15) is 0 Å². The number of allylic oxidation sites excluding steroid dienone is 1. The molecule has 0 amide bonds. The molecule has 5 aromatic rings. The summed E-state index contributed by atoms with van der Waals surface area (Å²) in [6.45, 7) is 5.08. The lowest BCUT2D eigenvalue weighted by atomic mass is 9.49. The third-order valence-corrected chi connectivity index (χ3v) is 11.4. The van der Waals surface area contributed by atoms with E-state index in [1.54, 1.807) is 11.1 Å². The van der Waals surface area contributed by atoms with Crippen molar-refractivity contribution in [3.63, 3.8) is 0 Å². The van der Waals surface area contributed by atoms with Crippen LogP contribution < -0.4 is 0 Å². The molecule has 1 heterocycles. The van der Waals surface area contributed by atoms with E-state index in [1.165, 1.54) is 80.9 Å². The van der Waals surface area contributed by atoms with Gasteiger partial charge in [-0.25, -0.2) is 0 Å². The number of aromatic amines is 1. The van der Waals surface area contributed by atoms with E-state index in [1.807, 2.05) is 0 Å². The molecule has 0 radical (unpaired) electrons. The van der Waals surface area contributed by atoms with Gasteiger partial charge in [0, 0.05) is 27.2 Å². The summed E-state index contributed by atoms with van der Waals surface area (Å²) >= 11 is 0. The van der Waals surface area contributed by atoms with Gasteiger partial charge in [0.25, 0.3) is 0 Å². The third kappa shape index (κ3) is 2.99. The van der Waals surface area contributed by atoms with Gasteiger partial charge in [0.05, 0.1) is 0 Å². The zero-order valence-electron chi connectivity index (χ0n) is 23.6. The van der Waals surface area contributed by atoms with Gasteiger partial charge in [-0.15, -0.1) is 0 Å². The highest BCUT2D eigenvalue weighted by Gasteiger charge is 2.56. The van der Waals surface area contributed by atoms with Gasteiger partial charge in [-0.3, -0.25) is 0 Å². The van der Waals surface area contributed by atoms with Crippen LogP contribution in [0, 0.1) is 23.7 Å². The van der Waals surface area contributed by atoms with E-state index < -0.39 is 0 Å². The molecule has 1 nitrogen and oxygen atoms in total. The predicted molar refractivity (Wildman–Crippen MR) is 169 cm³/mol. The van der Waals surface area contributed by atoms with Crippen LogP contribution in [0.25, 0.3) is 50.1 Å².